The van der Waals surface area contributed by atoms with Crippen LogP contribution in [0.15, 0.2) is 0 Å². The number of aromatic nitrogens is 2. The third-order valence-electron chi connectivity index (χ3n) is 4.18. The topological polar surface area (TPSA) is 84.2 Å². The molecule has 1 aliphatic rings. The highest BCUT2D eigenvalue weighted by Gasteiger charge is 2.33. The second kappa shape index (κ2) is 5.64. The predicted molar refractivity (Wildman–Crippen MR) is 73.3 cm³/mol. The van der Waals surface area contributed by atoms with Gasteiger partial charge in [-0.1, -0.05) is 6.42 Å². The van der Waals surface area contributed by atoms with Crippen LogP contribution in [0.5, 0.6) is 0 Å². The molecule has 2 rings (SSSR count). The van der Waals surface area contributed by atoms with E-state index in [9.17, 15) is 9.59 Å². The molecule has 1 aliphatic carbocycles. The van der Waals surface area contributed by atoms with E-state index < -0.39 is 11.9 Å². The number of rotatable bonds is 4. The number of amides is 1. The van der Waals surface area contributed by atoms with Crippen molar-refractivity contribution in [1.82, 2.24) is 15.1 Å². The molecule has 0 spiro atoms. The van der Waals surface area contributed by atoms with Crippen molar-refractivity contribution in [3.63, 3.8) is 0 Å². The van der Waals surface area contributed by atoms with Gasteiger partial charge in [-0.3, -0.25) is 14.3 Å². The van der Waals surface area contributed by atoms with Crippen LogP contribution in [-0.2, 0) is 23.1 Å². The molecule has 0 aliphatic heterocycles. The van der Waals surface area contributed by atoms with Gasteiger partial charge in [0.1, 0.15) is 0 Å². The summed E-state index contributed by atoms with van der Waals surface area (Å²) in [5.41, 5.74) is 2.75. The van der Waals surface area contributed by atoms with E-state index in [2.05, 4.69) is 10.4 Å². The quantitative estimate of drug-likeness (QED) is 0.859. The lowest BCUT2D eigenvalue weighted by Gasteiger charge is -2.17. The molecule has 1 aromatic rings. The zero-order valence-corrected chi connectivity index (χ0v) is 12.1. The Morgan fingerprint density at radius 3 is 2.65 bits per heavy atom. The van der Waals surface area contributed by atoms with Crippen LogP contribution in [0.25, 0.3) is 0 Å². The molecule has 0 aromatic carbocycles. The SMILES string of the molecule is Cc1nn(C)c(C)c1CC(=O)NC1CCCC1C(=O)O. The molecule has 2 atom stereocenters. The Labute approximate surface area is 118 Å². The molecule has 6 heteroatoms. The minimum absolute atomic E-state index is 0.123. The van der Waals surface area contributed by atoms with Crippen molar-refractivity contribution >= 4 is 11.9 Å². The van der Waals surface area contributed by atoms with Crippen molar-refractivity contribution in [2.45, 2.75) is 45.6 Å². The second-order valence-corrected chi connectivity index (χ2v) is 5.50. The fourth-order valence-corrected chi connectivity index (χ4v) is 2.92. The van der Waals surface area contributed by atoms with Crippen LogP contribution in [0.2, 0.25) is 0 Å². The van der Waals surface area contributed by atoms with Crippen LogP contribution in [0.4, 0.5) is 0 Å². The number of carbonyl (C=O) groups excluding carboxylic acids is 1. The average Bonchev–Trinajstić information content (AvgIpc) is 2.90. The fraction of sp³-hybridized carbons (Fsp3) is 0.643. The number of carboxylic acids is 1. The van der Waals surface area contributed by atoms with Gasteiger partial charge in [0.05, 0.1) is 18.0 Å². The van der Waals surface area contributed by atoms with Crippen LogP contribution >= 0.6 is 0 Å². The molecule has 1 amide bonds. The summed E-state index contributed by atoms with van der Waals surface area (Å²) in [6.45, 7) is 3.81. The number of nitrogens with zero attached hydrogens (tertiary/aromatic N) is 2. The molecule has 1 fully saturated rings. The lowest BCUT2D eigenvalue weighted by Crippen LogP contribution is -2.41. The summed E-state index contributed by atoms with van der Waals surface area (Å²) in [6, 6.07) is -0.239. The van der Waals surface area contributed by atoms with Crippen molar-refractivity contribution < 1.29 is 14.7 Å². The largest absolute Gasteiger partial charge is 0.481 e. The van der Waals surface area contributed by atoms with Crippen molar-refractivity contribution in [3.05, 3.63) is 17.0 Å². The molecule has 6 nitrogen and oxygen atoms in total. The lowest BCUT2D eigenvalue weighted by molar-refractivity contribution is -0.142. The monoisotopic (exact) mass is 279 g/mol. The maximum absolute atomic E-state index is 12.1. The first-order valence-corrected chi connectivity index (χ1v) is 6.91. The molecule has 1 heterocycles. The first kappa shape index (κ1) is 14.6. The minimum atomic E-state index is -0.818. The van der Waals surface area contributed by atoms with Gasteiger partial charge in [0.15, 0.2) is 0 Å². The maximum Gasteiger partial charge on any atom is 0.308 e. The van der Waals surface area contributed by atoms with E-state index in [1.807, 2.05) is 20.9 Å². The number of carbonyl (C=O) groups is 2. The first-order chi connectivity index (χ1) is 9.40. The molecular weight excluding hydrogens is 258 g/mol. The molecular formula is C14H21N3O3. The Morgan fingerprint density at radius 2 is 2.10 bits per heavy atom. The van der Waals surface area contributed by atoms with E-state index in [0.29, 0.717) is 6.42 Å². The molecule has 0 radical (unpaired) electrons. The van der Waals surface area contributed by atoms with Crippen LogP contribution in [0.1, 0.15) is 36.2 Å². The summed E-state index contributed by atoms with van der Waals surface area (Å²) >= 11 is 0. The molecule has 110 valence electrons. The Kier molecular flexibility index (Phi) is 4.11. The number of aryl methyl sites for hydroxylation is 2. The van der Waals surface area contributed by atoms with E-state index in [4.69, 9.17) is 5.11 Å². The number of carboxylic acid groups (broad SMARTS) is 1. The van der Waals surface area contributed by atoms with E-state index in [1.165, 1.54) is 0 Å². The maximum atomic E-state index is 12.1. The number of hydrogen-bond donors (Lipinski definition) is 2. The van der Waals surface area contributed by atoms with Gasteiger partial charge in [0.25, 0.3) is 0 Å². The standard InChI is InChI=1S/C14H21N3O3/c1-8-11(9(2)17(3)16-8)7-13(18)15-12-6-4-5-10(12)14(19)20/h10,12H,4-7H2,1-3H3,(H,15,18)(H,19,20). The van der Waals surface area contributed by atoms with Gasteiger partial charge in [0.2, 0.25) is 5.91 Å². The zero-order valence-electron chi connectivity index (χ0n) is 12.1. The molecule has 20 heavy (non-hydrogen) atoms. The van der Waals surface area contributed by atoms with E-state index in [1.54, 1.807) is 4.68 Å². The van der Waals surface area contributed by atoms with Gasteiger partial charge in [-0.25, -0.2) is 0 Å². The van der Waals surface area contributed by atoms with E-state index in [0.717, 1.165) is 29.8 Å². The van der Waals surface area contributed by atoms with Crippen molar-refractivity contribution in [2.24, 2.45) is 13.0 Å². The van der Waals surface area contributed by atoms with Crippen LogP contribution < -0.4 is 5.32 Å². The van der Waals surface area contributed by atoms with Crippen LogP contribution in [-0.4, -0.2) is 32.8 Å². The number of nitrogens with one attached hydrogen (secondary N) is 1. The normalized spacial score (nSPS) is 21.9. The smallest absolute Gasteiger partial charge is 0.308 e. The third-order valence-corrected chi connectivity index (χ3v) is 4.18. The molecule has 2 unspecified atom stereocenters. The average molecular weight is 279 g/mol. The third kappa shape index (κ3) is 2.84. The predicted octanol–water partition coefficient (Wildman–Crippen LogP) is 0.949. The summed E-state index contributed by atoms with van der Waals surface area (Å²) in [6.07, 6.45) is 2.50. The summed E-state index contributed by atoms with van der Waals surface area (Å²) in [5.74, 6) is -1.39. The zero-order chi connectivity index (χ0) is 14.9. The highest BCUT2D eigenvalue weighted by Crippen LogP contribution is 2.26. The van der Waals surface area contributed by atoms with Crippen LogP contribution in [0, 0.1) is 19.8 Å². The Balaban J connectivity index is 2.01. The fourth-order valence-electron chi connectivity index (χ4n) is 2.92. The Morgan fingerprint density at radius 1 is 1.40 bits per heavy atom. The molecule has 1 saturated carbocycles. The van der Waals surface area contributed by atoms with Crippen molar-refractivity contribution in [3.8, 4) is 0 Å². The first-order valence-electron chi connectivity index (χ1n) is 6.91. The van der Waals surface area contributed by atoms with Crippen molar-refractivity contribution in [1.29, 1.82) is 0 Å². The molecule has 0 saturated heterocycles. The van der Waals surface area contributed by atoms with Crippen molar-refractivity contribution in [2.75, 3.05) is 0 Å². The minimum Gasteiger partial charge on any atom is -0.481 e. The lowest BCUT2D eigenvalue weighted by atomic mass is 10.0. The summed E-state index contributed by atoms with van der Waals surface area (Å²) in [4.78, 5) is 23.2. The molecule has 0 bridgehead atoms. The number of aliphatic carboxylic acids is 1. The van der Waals surface area contributed by atoms with Gasteiger partial charge in [-0.15, -0.1) is 0 Å². The van der Waals surface area contributed by atoms with E-state index >= 15 is 0 Å². The highest BCUT2D eigenvalue weighted by molar-refractivity contribution is 5.80. The molecule has 1 aromatic heterocycles. The molecule has 2 N–H and O–H groups in total. The van der Waals surface area contributed by atoms with Gasteiger partial charge in [-0.2, -0.15) is 5.10 Å². The summed E-state index contributed by atoms with van der Waals surface area (Å²) in [5, 5.41) is 16.3. The second-order valence-electron chi connectivity index (χ2n) is 5.50. The summed E-state index contributed by atoms with van der Waals surface area (Å²) < 4.78 is 1.76. The van der Waals surface area contributed by atoms with Gasteiger partial charge in [-0.05, 0) is 26.7 Å². The van der Waals surface area contributed by atoms with E-state index in [-0.39, 0.29) is 18.4 Å². The Hall–Kier alpha value is -1.85. The summed E-state index contributed by atoms with van der Waals surface area (Å²) in [7, 11) is 1.85. The van der Waals surface area contributed by atoms with Crippen LogP contribution in [0.3, 0.4) is 0 Å². The Bertz CT molecular complexity index is 536. The van der Waals surface area contributed by atoms with Gasteiger partial charge in [0, 0.05) is 24.3 Å². The van der Waals surface area contributed by atoms with Gasteiger partial charge < -0.3 is 10.4 Å². The number of hydrogen-bond acceptors (Lipinski definition) is 3. The van der Waals surface area contributed by atoms with Gasteiger partial charge >= 0.3 is 5.97 Å². The highest BCUT2D eigenvalue weighted by atomic mass is 16.4.